The zero-order chi connectivity index (χ0) is 20.1. The van der Waals surface area contributed by atoms with Crippen LogP contribution in [0, 0.1) is 0 Å². The van der Waals surface area contributed by atoms with E-state index in [0.29, 0.717) is 52.6 Å². The molecule has 28 heavy (non-hydrogen) atoms. The summed E-state index contributed by atoms with van der Waals surface area (Å²) in [5.74, 6) is 0.270. The van der Waals surface area contributed by atoms with Gasteiger partial charge in [0.2, 0.25) is 0 Å². The number of nitrogens with zero attached hydrogens (tertiary/aromatic N) is 3. The second-order valence-corrected chi connectivity index (χ2v) is 7.69. The van der Waals surface area contributed by atoms with Crippen molar-refractivity contribution in [3.8, 4) is 0 Å². The van der Waals surface area contributed by atoms with Crippen molar-refractivity contribution in [2.24, 2.45) is 0 Å². The van der Waals surface area contributed by atoms with Crippen LogP contribution in [0.4, 0.5) is 5.82 Å². The van der Waals surface area contributed by atoms with Gasteiger partial charge in [0.05, 0.1) is 10.5 Å². The molecule has 0 atom stereocenters. The van der Waals surface area contributed by atoms with Crippen LogP contribution in [-0.2, 0) is 9.53 Å². The number of likely N-dealkylation sites (N-methyl/N-ethyl adjacent to an activating group) is 1. The van der Waals surface area contributed by atoms with Crippen molar-refractivity contribution in [1.29, 1.82) is 0 Å². The molecule has 0 saturated carbocycles. The fourth-order valence-electron chi connectivity index (χ4n) is 2.80. The Hall–Kier alpha value is -2.23. The summed E-state index contributed by atoms with van der Waals surface area (Å²) < 4.78 is 7.32. The average molecular weight is 419 g/mol. The van der Waals surface area contributed by atoms with Gasteiger partial charge in [-0.05, 0) is 38.5 Å². The molecule has 7 nitrogen and oxygen atoms in total. The zero-order valence-electron chi connectivity index (χ0n) is 15.8. The quantitative estimate of drug-likeness (QED) is 0.401. The molecule has 3 heterocycles. The van der Waals surface area contributed by atoms with E-state index in [0.717, 1.165) is 6.42 Å². The molecule has 1 fully saturated rings. The number of nitrogens with one attached hydrogen (secondary N) is 1. The number of pyridine rings is 1. The molecule has 0 spiro atoms. The van der Waals surface area contributed by atoms with E-state index in [-0.39, 0.29) is 11.5 Å². The van der Waals surface area contributed by atoms with Crippen LogP contribution in [0.3, 0.4) is 0 Å². The SMILES string of the molecule is CCOCCCNc1nc2ccccn2c(=O)c1/C=C1\SC(=S)N(CC)C1=O. The van der Waals surface area contributed by atoms with Gasteiger partial charge in [-0.1, -0.05) is 30.0 Å². The summed E-state index contributed by atoms with van der Waals surface area (Å²) in [5, 5.41) is 3.21. The van der Waals surface area contributed by atoms with Crippen LogP contribution in [0.5, 0.6) is 0 Å². The Bertz CT molecular complexity index is 987. The number of amides is 1. The number of ether oxygens (including phenoxy) is 1. The number of thiocarbonyl (C=S) groups is 1. The van der Waals surface area contributed by atoms with Crippen molar-refractivity contribution in [2.45, 2.75) is 20.3 Å². The molecule has 9 heteroatoms. The van der Waals surface area contributed by atoms with Gasteiger partial charge in [0.15, 0.2) is 0 Å². The number of rotatable bonds is 8. The highest BCUT2D eigenvalue weighted by atomic mass is 32.2. The second-order valence-electron chi connectivity index (χ2n) is 6.01. The van der Waals surface area contributed by atoms with Crippen LogP contribution in [0.25, 0.3) is 11.7 Å². The number of aromatic nitrogens is 2. The van der Waals surface area contributed by atoms with Gasteiger partial charge < -0.3 is 10.1 Å². The monoisotopic (exact) mass is 418 g/mol. The number of thioether (sulfide) groups is 1. The van der Waals surface area contributed by atoms with E-state index < -0.39 is 0 Å². The molecule has 0 aromatic carbocycles. The lowest BCUT2D eigenvalue weighted by molar-refractivity contribution is -0.121. The molecule has 1 aliphatic heterocycles. The van der Waals surface area contributed by atoms with Gasteiger partial charge in [0.1, 0.15) is 15.8 Å². The Morgan fingerprint density at radius 3 is 2.86 bits per heavy atom. The van der Waals surface area contributed by atoms with E-state index in [1.54, 1.807) is 24.4 Å². The normalized spacial score (nSPS) is 15.8. The van der Waals surface area contributed by atoms with Crippen LogP contribution in [-0.4, -0.2) is 50.8 Å². The number of anilines is 1. The molecule has 2 aromatic rings. The highest BCUT2D eigenvalue weighted by Crippen LogP contribution is 2.32. The summed E-state index contributed by atoms with van der Waals surface area (Å²) in [5.41, 5.74) is 0.648. The average Bonchev–Trinajstić information content (AvgIpc) is 2.97. The van der Waals surface area contributed by atoms with Crippen molar-refractivity contribution in [3.63, 3.8) is 0 Å². The van der Waals surface area contributed by atoms with Crippen molar-refractivity contribution in [2.75, 3.05) is 31.6 Å². The Labute approximate surface area is 172 Å². The summed E-state index contributed by atoms with van der Waals surface area (Å²) in [7, 11) is 0. The van der Waals surface area contributed by atoms with Gasteiger partial charge in [-0.15, -0.1) is 0 Å². The van der Waals surface area contributed by atoms with E-state index in [2.05, 4.69) is 10.3 Å². The van der Waals surface area contributed by atoms with E-state index in [1.165, 1.54) is 21.1 Å². The maximum Gasteiger partial charge on any atom is 0.267 e. The van der Waals surface area contributed by atoms with Crippen molar-refractivity contribution >= 4 is 51.7 Å². The van der Waals surface area contributed by atoms with Gasteiger partial charge in [0.25, 0.3) is 11.5 Å². The molecule has 3 rings (SSSR count). The molecule has 1 saturated heterocycles. The first-order chi connectivity index (χ1) is 13.6. The third kappa shape index (κ3) is 4.26. The van der Waals surface area contributed by atoms with Crippen molar-refractivity contribution in [1.82, 2.24) is 14.3 Å². The molecule has 0 unspecified atom stereocenters. The van der Waals surface area contributed by atoms with Crippen LogP contribution < -0.4 is 10.9 Å². The van der Waals surface area contributed by atoms with Gasteiger partial charge in [-0.2, -0.15) is 0 Å². The highest BCUT2D eigenvalue weighted by Gasteiger charge is 2.31. The lowest BCUT2D eigenvalue weighted by Crippen LogP contribution is -2.27. The lowest BCUT2D eigenvalue weighted by Gasteiger charge is -2.11. The molecular formula is C19H22N4O3S2. The van der Waals surface area contributed by atoms with Crippen LogP contribution in [0.2, 0.25) is 0 Å². The molecule has 1 N–H and O–H groups in total. The minimum atomic E-state index is -0.236. The number of carbonyl (C=O) groups is 1. The summed E-state index contributed by atoms with van der Waals surface area (Å²) in [4.78, 5) is 32.1. The fourth-order valence-corrected chi connectivity index (χ4v) is 4.16. The first kappa shape index (κ1) is 20.5. The maximum atomic E-state index is 13.1. The maximum absolute atomic E-state index is 13.1. The predicted molar refractivity (Wildman–Crippen MR) is 117 cm³/mol. The van der Waals surface area contributed by atoms with Crippen LogP contribution >= 0.6 is 24.0 Å². The number of carbonyl (C=O) groups excluding carboxylic acids is 1. The summed E-state index contributed by atoms with van der Waals surface area (Å²) in [6.07, 6.45) is 4.04. The Morgan fingerprint density at radius 2 is 2.14 bits per heavy atom. The molecular weight excluding hydrogens is 396 g/mol. The largest absolute Gasteiger partial charge is 0.382 e. The molecule has 1 amide bonds. The van der Waals surface area contributed by atoms with Gasteiger partial charge in [-0.25, -0.2) is 4.98 Å². The summed E-state index contributed by atoms with van der Waals surface area (Å²) >= 11 is 6.47. The Morgan fingerprint density at radius 1 is 1.32 bits per heavy atom. The van der Waals surface area contributed by atoms with Crippen LogP contribution in [0.1, 0.15) is 25.8 Å². The van der Waals surface area contributed by atoms with Crippen molar-refractivity contribution in [3.05, 3.63) is 45.2 Å². The van der Waals surface area contributed by atoms with Crippen LogP contribution in [0.15, 0.2) is 34.1 Å². The standard InChI is InChI=1S/C19H22N4O3S2/c1-3-22-18(25)14(28-19(22)27)12-13-16(20-9-7-11-26-4-2)21-15-8-5-6-10-23(15)17(13)24/h5-6,8,10,12,20H,3-4,7,9,11H2,1-2H3/b14-12-. The summed E-state index contributed by atoms with van der Waals surface area (Å²) in [6.45, 7) is 6.21. The second kappa shape index (κ2) is 9.31. The van der Waals surface area contributed by atoms with Gasteiger partial charge >= 0.3 is 0 Å². The number of fused-ring (bicyclic) bond motifs is 1. The highest BCUT2D eigenvalue weighted by molar-refractivity contribution is 8.26. The predicted octanol–water partition coefficient (Wildman–Crippen LogP) is 2.75. The summed E-state index contributed by atoms with van der Waals surface area (Å²) in [6, 6.07) is 5.37. The molecule has 0 aliphatic carbocycles. The van der Waals surface area contributed by atoms with Gasteiger partial charge in [-0.3, -0.25) is 18.9 Å². The lowest BCUT2D eigenvalue weighted by atomic mass is 10.2. The molecule has 148 valence electrons. The minimum absolute atomic E-state index is 0.183. The van der Waals surface area contributed by atoms with Gasteiger partial charge in [0, 0.05) is 32.5 Å². The third-order valence-corrected chi connectivity index (χ3v) is 5.57. The Kier molecular flexibility index (Phi) is 6.82. The van der Waals surface area contributed by atoms with E-state index in [4.69, 9.17) is 17.0 Å². The number of hydrogen-bond donors (Lipinski definition) is 1. The minimum Gasteiger partial charge on any atom is -0.382 e. The molecule has 0 bridgehead atoms. The topological polar surface area (TPSA) is 75.9 Å². The van der Waals surface area contributed by atoms with E-state index in [1.807, 2.05) is 19.9 Å². The smallest absolute Gasteiger partial charge is 0.267 e. The van der Waals surface area contributed by atoms with Crippen molar-refractivity contribution < 1.29 is 9.53 Å². The number of hydrogen-bond acceptors (Lipinski definition) is 7. The van der Waals surface area contributed by atoms with E-state index >= 15 is 0 Å². The van der Waals surface area contributed by atoms with E-state index in [9.17, 15) is 9.59 Å². The molecule has 0 radical (unpaired) electrons. The first-order valence-corrected chi connectivity index (χ1v) is 10.4. The first-order valence-electron chi connectivity index (χ1n) is 9.15. The fraction of sp³-hybridized carbons (Fsp3) is 0.368. The zero-order valence-corrected chi connectivity index (χ0v) is 17.4. The third-order valence-electron chi connectivity index (χ3n) is 4.20. The molecule has 1 aliphatic rings. The molecule has 2 aromatic heterocycles. The Balaban J connectivity index is 1.99.